The number of carbonyl (C=O) groups is 2. The predicted molar refractivity (Wildman–Crippen MR) is 185 cm³/mol. The number of unbranched alkanes of at least 4 members (excludes halogenated alkanes) is 17. The monoisotopic (exact) mass is 601 g/mol. The minimum atomic E-state index is -0.717. The van der Waals surface area contributed by atoms with E-state index in [9.17, 15) is 9.59 Å². The van der Waals surface area contributed by atoms with Crippen molar-refractivity contribution in [2.45, 2.75) is 187 Å². The van der Waals surface area contributed by atoms with Gasteiger partial charge in [0.15, 0.2) is 0 Å². The molecule has 43 heavy (non-hydrogen) atoms. The summed E-state index contributed by atoms with van der Waals surface area (Å²) in [6.07, 6.45) is 45.6. The van der Waals surface area contributed by atoms with E-state index < -0.39 is 5.97 Å². The van der Waals surface area contributed by atoms with E-state index in [-0.39, 0.29) is 18.5 Å². The van der Waals surface area contributed by atoms with Crippen LogP contribution in [0.15, 0.2) is 48.6 Å². The van der Waals surface area contributed by atoms with Gasteiger partial charge < -0.3 is 9.84 Å². The quantitative estimate of drug-likeness (QED) is 0.0474. The van der Waals surface area contributed by atoms with E-state index in [1.165, 1.54) is 89.9 Å². The molecule has 0 saturated carbocycles. The molecule has 1 unspecified atom stereocenters. The normalized spacial score (nSPS) is 12.8. The minimum Gasteiger partial charge on any atom is -0.481 e. The first-order valence-electron chi connectivity index (χ1n) is 18.1. The second-order valence-electron chi connectivity index (χ2n) is 12.0. The van der Waals surface area contributed by atoms with Gasteiger partial charge in [-0.3, -0.25) is 9.59 Å². The molecule has 0 aliphatic rings. The molecule has 0 fully saturated rings. The van der Waals surface area contributed by atoms with Crippen LogP contribution in [0, 0.1) is 0 Å². The topological polar surface area (TPSA) is 63.6 Å². The van der Waals surface area contributed by atoms with E-state index in [2.05, 4.69) is 62.5 Å². The molecule has 4 nitrogen and oxygen atoms in total. The lowest BCUT2D eigenvalue weighted by molar-refractivity contribution is -0.147. The molecule has 1 atom stereocenters. The summed E-state index contributed by atoms with van der Waals surface area (Å²) in [4.78, 5) is 23.2. The Morgan fingerprint density at radius 2 is 0.977 bits per heavy atom. The Morgan fingerprint density at radius 1 is 0.535 bits per heavy atom. The Bertz CT molecular complexity index is 734. The molecule has 0 bridgehead atoms. The van der Waals surface area contributed by atoms with Crippen molar-refractivity contribution >= 4 is 11.9 Å². The number of carbonyl (C=O) groups excluding carboxylic acids is 1. The molecule has 0 rings (SSSR count). The number of allylic oxidation sites excluding steroid dienone is 7. The smallest absolute Gasteiger partial charge is 0.306 e. The summed E-state index contributed by atoms with van der Waals surface area (Å²) >= 11 is 0. The van der Waals surface area contributed by atoms with Crippen LogP contribution >= 0.6 is 0 Å². The summed E-state index contributed by atoms with van der Waals surface area (Å²) in [5.74, 6) is -0.799. The summed E-state index contributed by atoms with van der Waals surface area (Å²) < 4.78 is 5.87. The summed E-state index contributed by atoms with van der Waals surface area (Å²) in [6.45, 7) is 4.49. The van der Waals surface area contributed by atoms with Crippen LogP contribution in [0.1, 0.15) is 181 Å². The van der Waals surface area contributed by atoms with Crippen molar-refractivity contribution in [3.63, 3.8) is 0 Å². The first kappa shape index (κ1) is 40.9. The molecule has 0 aromatic carbocycles. The fourth-order valence-electron chi connectivity index (χ4n) is 5.04. The minimum absolute atomic E-state index is 0.0817. The molecule has 0 aliphatic carbocycles. The van der Waals surface area contributed by atoms with Crippen LogP contribution in [0.2, 0.25) is 0 Å². The lowest BCUT2D eigenvalue weighted by Crippen LogP contribution is -2.16. The van der Waals surface area contributed by atoms with Crippen molar-refractivity contribution in [2.75, 3.05) is 0 Å². The molecule has 0 spiro atoms. The Kier molecular flexibility index (Phi) is 32.7. The number of carboxylic acid groups (broad SMARTS) is 1. The summed E-state index contributed by atoms with van der Waals surface area (Å²) in [7, 11) is 0. The molecule has 0 saturated heterocycles. The molecule has 0 aromatic rings. The SMILES string of the molecule is CCCCC/C=C\C/C=C\C/C=C\C(CCCCCCCC(=O)O)OC(=O)CCCCCCC/C=C\CCCCCCC. The van der Waals surface area contributed by atoms with Gasteiger partial charge in [-0.1, -0.05) is 133 Å². The van der Waals surface area contributed by atoms with Crippen LogP contribution < -0.4 is 0 Å². The number of ether oxygens (including phenoxy) is 1. The number of aliphatic carboxylic acids is 1. The van der Waals surface area contributed by atoms with Crippen LogP contribution in [-0.2, 0) is 14.3 Å². The largest absolute Gasteiger partial charge is 0.481 e. The van der Waals surface area contributed by atoms with Crippen LogP contribution in [0.3, 0.4) is 0 Å². The van der Waals surface area contributed by atoms with E-state index in [0.29, 0.717) is 6.42 Å². The maximum atomic E-state index is 12.6. The van der Waals surface area contributed by atoms with Gasteiger partial charge in [0.25, 0.3) is 0 Å². The van der Waals surface area contributed by atoms with Gasteiger partial charge in [0.1, 0.15) is 6.10 Å². The third-order valence-electron chi connectivity index (χ3n) is 7.76. The van der Waals surface area contributed by atoms with E-state index in [0.717, 1.165) is 64.2 Å². The standard InChI is InChI=1S/C39H68O4/c1-3-5-7-9-11-13-15-16-17-19-21-23-28-32-36-39(42)43-37(34-30-26-24-27-31-35-38(40)41)33-29-25-22-20-18-14-12-10-8-6-4-2/h12,14-16,20,22,29,33,37H,3-11,13,17-19,21,23-28,30-32,34-36H2,1-2H3,(H,40,41)/b14-12-,16-15-,22-20-,33-29-. The number of esters is 1. The highest BCUT2D eigenvalue weighted by atomic mass is 16.5. The third-order valence-corrected chi connectivity index (χ3v) is 7.76. The summed E-state index contributed by atoms with van der Waals surface area (Å²) in [5.41, 5.74) is 0. The van der Waals surface area contributed by atoms with Crippen molar-refractivity contribution in [2.24, 2.45) is 0 Å². The summed E-state index contributed by atoms with van der Waals surface area (Å²) in [5, 5.41) is 8.79. The fourth-order valence-corrected chi connectivity index (χ4v) is 5.04. The number of rotatable bonds is 32. The Hall–Kier alpha value is -2.10. The molecule has 248 valence electrons. The average molecular weight is 601 g/mol. The van der Waals surface area contributed by atoms with Gasteiger partial charge >= 0.3 is 11.9 Å². The van der Waals surface area contributed by atoms with Gasteiger partial charge in [-0.25, -0.2) is 0 Å². The zero-order chi connectivity index (χ0) is 31.5. The van der Waals surface area contributed by atoms with Gasteiger partial charge in [-0.15, -0.1) is 0 Å². The van der Waals surface area contributed by atoms with Crippen molar-refractivity contribution in [3.8, 4) is 0 Å². The molecule has 0 heterocycles. The van der Waals surface area contributed by atoms with Crippen LogP contribution in [0.25, 0.3) is 0 Å². The molecule has 0 aromatic heterocycles. The first-order chi connectivity index (χ1) is 21.1. The second-order valence-corrected chi connectivity index (χ2v) is 12.0. The fraction of sp³-hybridized carbons (Fsp3) is 0.744. The molecule has 0 amide bonds. The predicted octanol–water partition coefficient (Wildman–Crippen LogP) is 12.4. The molecule has 0 radical (unpaired) electrons. The van der Waals surface area contributed by atoms with Crippen molar-refractivity contribution in [1.82, 2.24) is 0 Å². The molecular formula is C39H68O4. The Balaban J connectivity index is 4.22. The van der Waals surface area contributed by atoms with E-state index >= 15 is 0 Å². The number of hydrogen-bond acceptors (Lipinski definition) is 3. The Labute approximate surface area is 266 Å². The Morgan fingerprint density at radius 3 is 1.60 bits per heavy atom. The number of carboxylic acids is 1. The highest BCUT2D eigenvalue weighted by Gasteiger charge is 2.11. The zero-order valence-electron chi connectivity index (χ0n) is 28.3. The molecular weight excluding hydrogens is 532 g/mol. The maximum absolute atomic E-state index is 12.6. The summed E-state index contributed by atoms with van der Waals surface area (Å²) in [6, 6.07) is 0. The lowest BCUT2D eigenvalue weighted by Gasteiger charge is -2.14. The van der Waals surface area contributed by atoms with Crippen molar-refractivity contribution < 1.29 is 19.4 Å². The average Bonchev–Trinajstić information content (AvgIpc) is 2.99. The van der Waals surface area contributed by atoms with Crippen LogP contribution in [0.4, 0.5) is 0 Å². The highest BCUT2D eigenvalue weighted by Crippen LogP contribution is 2.15. The van der Waals surface area contributed by atoms with E-state index in [1.54, 1.807) is 0 Å². The van der Waals surface area contributed by atoms with Gasteiger partial charge in [-0.2, -0.15) is 0 Å². The zero-order valence-corrected chi connectivity index (χ0v) is 28.3. The first-order valence-corrected chi connectivity index (χ1v) is 18.1. The lowest BCUT2D eigenvalue weighted by atomic mass is 10.1. The van der Waals surface area contributed by atoms with Crippen molar-refractivity contribution in [3.05, 3.63) is 48.6 Å². The van der Waals surface area contributed by atoms with Crippen molar-refractivity contribution in [1.29, 1.82) is 0 Å². The van der Waals surface area contributed by atoms with E-state index in [1.807, 2.05) is 0 Å². The van der Waals surface area contributed by atoms with Gasteiger partial charge in [0.05, 0.1) is 0 Å². The molecule has 0 aliphatic heterocycles. The van der Waals surface area contributed by atoms with E-state index in [4.69, 9.17) is 9.84 Å². The number of hydrogen-bond donors (Lipinski definition) is 1. The molecule has 1 N–H and O–H groups in total. The van der Waals surface area contributed by atoms with Crippen LogP contribution in [0.5, 0.6) is 0 Å². The maximum Gasteiger partial charge on any atom is 0.306 e. The second kappa shape index (κ2) is 34.4. The van der Waals surface area contributed by atoms with Gasteiger partial charge in [0.2, 0.25) is 0 Å². The highest BCUT2D eigenvalue weighted by molar-refractivity contribution is 5.69. The van der Waals surface area contributed by atoms with Gasteiger partial charge in [0, 0.05) is 12.8 Å². The third kappa shape index (κ3) is 34.3. The molecule has 4 heteroatoms. The van der Waals surface area contributed by atoms with Crippen LogP contribution in [-0.4, -0.2) is 23.1 Å². The van der Waals surface area contributed by atoms with Gasteiger partial charge in [-0.05, 0) is 83.1 Å².